The molecule has 0 aliphatic carbocycles. The fourth-order valence-electron chi connectivity index (χ4n) is 2.91. The molecule has 2 aromatic carbocycles. The van der Waals surface area contributed by atoms with Gasteiger partial charge in [-0.25, -0.2) is 4.79 Å². The van der Waals surface area contributed by atoms with Gasteiger partial charge in [0.2, 0.25) is 0 Å². The number of carbonyl (C=O) groups excluding carboxylic acids is 1. The summed E-state index contributed by atoms with van der Waals surface area (Å²) in [7, 11) is 0. The van der Waals surface area contributed by atoms with Crippen LogP contribution in [0.4, 0.5) is 0 Å². The summed E-state index contributed by atoms with van der Waals surface area (Å²) in [5, 5.41) is 0. The molecule has 0 atom stereocenters. The van der Waals surface area contributed by atoms with Gasteiger partial charge in [-0.15, -0.1) is 0 Å². The van der Waals surface area contributed by atoms with Gasteiger partial charge in [-0.05, 0) is 54.9 Å². The van der Waals surface area contributed by atoms with Crippen LogP contribution in [0.1, 0.15) is 35.3 Å². The van der Waals surface area contributed by atoms with Gasteiger partial charge in [0, 0.05) is 16.3 Å². The summed E-state index contributed by atoms with van der Waals surface area (Å²) in [6, 6.07) is 14.3. The first-order chi connectivity index (χ1) is 11.7. The number of hydrogen-bond acceptors (Lipinski definition) is 4. The van der Waals surface area contributed by atoms with Crippen LogP contribution in [-0.4, -0.2) is 37.1 Å². The summed E-state index contributed by atoms with van der Waals surface area (Å²) in [5.41, 5.74) is 3.17. The third-order valence-corrected chi connectivity index (χ3v) is 5.64. The van der Waals surface area contributed by atoms with E-state index in [0.29, 0.717) is 12.2 Å². The first-order valence-electron chi connectivity index (χ1n) is 8.49. The van der Waals surface area contributed by atoms with Crippen LogP contribution in [0.5, 0.6) is 0 Å². The summed E-state index contributed by atoms with van der Waals surface area (Å²) in [6.45, 7) is 7.41. The van der Waals surface area contributed by atoms with E-state index in [1.807, 2.05) is 18.2 Å². The molecule has 4 heteroatoms. The molecular formula is C20H23NO2S. The van der Waals surface area contributed by atoms with Crippen molar-refractivity contribution in [2.24, 2.45) is 0 Å². The van der Waals surface area contributed by atoms with Gasteiger partial charge in [0.25, 0.3) is 0 Å². The second-order valence-corrected chi connectivity index (χ2v) is 6.96. The van der Waals surface area contributed by atoms with Crippen molar-refractivity contribution >= 4 is 17.7 Å². The highest BCUT2D eigenvalue weighted by Crippen LogP contribution is 2.39. The lowest BCUT2D eigenvalue weighted by atomic mass is 10.0. The van der Waals surface area contributed by atoms with Gasteiger partial charge in [0.05, 0.1) is 5.56 Å². The van der Waals surface area contributed by atoms with Crippen molar-refractivity contribution < 1.29 is 9.53 Å². The van der Waals surface area contributed by atoms with Gasteiger partial charge >= 0.3 is 5.97 Å². The average molecular weight is 341 g/mol. The highest BCUT2D eigenvalue weighted by Gasteiger charge is 2.18. The molecule has 3 rings (SSSR count). The lowest BCUT2D eigenvalue weighted by Crippen LogP contribution is -2.27. The van der Waals surface area contributed by atoms with Gasteiger partial charge in [0.1, 0.15) is 6.61 Å². The Labute approximate surface area is 148 Å². The van der Waals surface area contributed by atoms with Crippen LogP contribution < -0.4 is 0 Å². The summed E-state index contributed by atoms with van der Waals surface area (Å²) < 4.78 is 5.44. The van der Waals surface area contributed by atoms with Crippen molar-refractivity contribution in [2.45, 2.75) is 30.1 Å². The van der Waals surface area contributed by atoms with E-state index in [1.165, 1.54) is 20.9 Å². The molecule has 24 heavy (non-hydrogen) atoms. The largest absolute Gasteiger partial charge is 0.461 e. The standard InChI is InChI=1S/C20H23NO2S/c1-3-21(4-2)11-12-23-20(22)16-9-10-19-17(14-16)13-15-7-5-6-8-18(15)24-19/h5-10,14H,3-4,11-13H2,1-2H3. The smallest absolute Gasteiger partial charge is 0.338 e. The number of rotatable bonds is 6. The van der Waals surface area contributed by atoms with Gasteiger partial charge in [-0.2, -0.15) is 0 Å². The number of carbonyl (C=O) groups is 1. The Morgan fingerprint density at radius 1 is 1.08 bits per heavy atom. The zero-order valence-corrected chi connectivity index (χ0v) is 15.1. The minimum absolute atomic E-state index is 0.228. The Balaban J connectivity index is 1.65. The molecule has 0 spiro atoms. The molecule has 0 aromatic heterocycles. The van der Waals surface area contributed by atoms with E-state index in [1.54, 1.807) is 11.8 Å². The SMILES string of the molecule is CCN(CC)CCOC(=O)c1ccc2c(c1)Cc1ccccc1S2. The van der Waals surface area contributed by atoms with Gasteiger partial charge < -0.3 is 9.64 Å². The molecule has 126 valence electrons. The van der Waals surface area contributed by atoms with E-state index in [4.69, 9.17) is 4.74 Å². The number of benzene rings is 2. The number of hydrogen-bond donors (Lipinski definition) is 0. The molecule has 0 amide bonds. The molecule has 1 heterocycles. The minimum Gasteiger partial charge on any atom is -0.461 e. The second kappa shape index (κ2) is 7.86. The second-order valence-electron chi connectivity index (χ2n) is 5.87. The molecular weight excluding hydrogens is 318 g/mol. The quantitative estimate of drug-likeness (QED) is 0.627. The van der Waals surface area contributed by atoms with E-state index >= 15 is 0 Å². The van der Waals surface area contributed by atoms with Crippen molar-refractivity contribution in [1.29, 1.82) is 0 Å². The Morgan fingerprint density at radius 2 is 1.83 bits per heavy atom. The highest BCUT2D eigenvalue weighted by molar-refractivity contribution is 7.99. The number of esters is 1. The Hall–Kier alpha value is -1.78. The molecule has 0 N–H and O–H groups in total. The van der Waals surface area contributed by atoms with Crippen LogP contribution in [-0.2, 0) is 11.2 Å². The molecule has 3 nitrogen and oxygen atoms in total. The van der Waals surface area contributed by atoms with Crippen LogP contribution in [0.3, 0.4) is 0 Å². The van der Waals surface area contributed by atoms with E-state index in [0.717, 1.165) is 26.1 Å². The molecule has 0 radical (unpaired) electrons. The molecule has 2 aromatic rings. The molecule has 0 unspecified atom stereocenters. The van der Waals surface area contributed by atoms with E-state index in [-0.39, 0.29) is 5.97 Å². The lowest BCUT2D eigenvalue weighted by Gasteiger charge is -2.20. The minimum atomic E-state index is -0.228. The summed E-state index contributed by atoms with van der Waals surface area (Å²) in [5.74, 6) is -0.228. The number of nitrogens with zero attached hydrogens (tertiary/aromatic N) is 1. The summed E-state index contributed by atoms with van der Waals surface area (Å²) >= 11 is 1.77. The third kappa shape index (κ3) is 3.82. The van der Waals surface area contributed by atoms with Crippen LogP contribution in [0.15, 0.2) is 52.3 Å². The van der Waals surface area contributed by atoms with Crippen molar-refractivity contribution in [2.75, 3.05) is 26.2 Å². The van der Waals surface area contributed by atoms with Crippen LogP contribution in [0.25, 0.3) is 0 Å². The first-order valence-corrected chi connectivity index (χ1v) is 9.31. The number of likely N-dealkylation sites (N-methyl/N-ethyl adjacent to an activating group) is 1. The van der Waals surface area contributed by atoms with E-state index in [2.05, 4.69) is 43.0 Å². The fraction of sp³-hybridized carbons (Fsp3) is 0.350. The van der Waals surface area contributed by atoms with Crippen molar-refractivity contribution in [3.63, 3.8) is 0 Å². The molecule has 0 saturated heterocycles. The van der Waals surface area contributed by atoms with Gasteiger partial charge in [-0.3, -0.25) is 0 Å². The van der Waals surface area contributed by atoms with Crippen molar-refractivity contribution in [3.8, 4) is 0 Å². The molecule has 1 aliphatic heterocycles. The zero-order valence-electron chi connectivity index (χ0n) is 14.2. The Morgan fingerprint density at radius 3 is 2.62 bits per heavy atom. The highest BCUT2D eigenvalue weighted by atomic mass is 32.2. The Bertz CT molecular complexity index is 725. The zero-order chi connectivity index (χ0) is 16.9. The monoisotopic (exact) mass is 341 g/mol. The normalized spacial score (nSPS) is 12.6. The average Bonchev–Trinajstić information content (AvgIpc) is 2.63. The predicted molar refractivity (Wildman–Crippen MR) is 97.9 cm³/mol. The van der Waals surface area contributed by atoms with Crippen LogP contribution in [0.2, 0.25) is 0 Å². The van der Waals surface area contributed by atoms with Crippen molar-refractivity contribution in [3.05, 3.63) is 59.2 Å². The van der Waals surface area contributed by atoms with Crippen LogP contribution >= 0.6 is 11.8 Å². The maximum absolute atomic E-state index is 12.3. The Kier molecular flexibility index (Phi) is 5.59. The lowest BCUT2D eigenvalue weighted by molar-refractivity contribution is 0.0466. The maximum atomic E-state index is 12.3. The maximum Gasteiger partial charge on any atom is 0.338 e. The fourth-order valence-corrected chi connectivity index (χ4v) is 3.96. The van der Waals surface area contributed by atoms with Gasteiger partial charge in [-0.1, -0.05) is 43.8 Å². The molecule has 1 aliphatic rings. The molecule has 0 saturated carbocycles. The topological polar surface area (TPSA) is 29.5 Å². The van der Waals surface area contributed by atoms with Crippen LogP contribution in [0, 0.1) is 0 Å². The predicted octanol–water partition coefficient (Wildman–Crippen LogP) is 4.24. The number of ether oxygens (including phenoxy) is 1. The summed E-state index contributed by atoms with van der Waals surface area (Å²) in [6.07, 6.45) is 0.874. The molecule has 0 bridgehead atoms. The van der Waals surface area contributed by atoms with E-state index < -0.39 is 0 Å². The third-order valence-electron chi connectivity index (χ3n) is 4.40. The summed E-state index contributed by atoms with van der Waals surface area (Å²) in [4.78, 5) is 17.1. The number of fused-ring (bicyclic) bond motifs is 2. The first kappa shape index (κ1) is 17.1. The molecule has 0 fully saturated rings. The van der Waals surface area contributed by atoms with Crippen molar-refractivity contribution in [1.82, 2.24) is 4.90 Å². The van der Waals surface area contributed by atoms with E-state index in [9.17, 15) is 4.79 Å². The van der Waals surface area contributed by atoms with Gasteiger partial charge in [0.15, 0.2) is 0 Å².